The van der Waals surface area contributed by atoms with Crippen LogP contribution in [0.3, 0.4) is 0 Å². The number of carbonyl (C=O) groups is 2. The summed E-state index contributed by atoms with van der Waals surface area (Å²) in [5, 5.41) is 3.03. The molecule has 1 aromatic carbocycles. The highest BCUT2D eigenvalue weighted by Crippen LogP contribution is 2.40. The molecule has 4 rings (SSSR count). The molecule has 1 N–H and O–H groups in total. The number of nitrogens with one attached hydrogen (secondary N) is 1. The third-order valence-electron chi connectivity index (χ3n) is 5.15. The number of allylic oxidation sites excluding steroid dienone is 1. The van der Waals surface area contributed by atoms with Crippen LogP contribution in [0, 0.1) is 0 Å². The lowest BCUT2D eigenvalue weighted by molar-refractivity contribution is -0.140. The van der Waals surface area contributed by atoms with Crippen LogP contribution in [0.4, 0.5) is 4.79 Å². The van der Waals surface area contributed by atoms with Gasteiger partial charge in [0, 0.05) is 28.6 Å². The van der Waals surface area contributed by atoms with Gasteiger partial charge < -0.3 is 14.8 Å². The average molecular weight is 413 g/mol. The van der Waals surface area contributed by atoms with Crippen LogP contribution in [-0.4, -0.2) is 43.3 Å². The van der Waals surface area contributed by atoms with E-state index in [2.05, 4.69) is 5.32 Å². The van der Waals surface area contributed by atoms with Gasteiger partial charge in [0.1, 0.15) is 6.61 Å². The van der Waals surface area contributed by atoms with Crippen LogP contribution in [0.25, 0.3) is 10.4 Å². The third kappa shape index (κ3) is 4.06. The van der Waals surface area contributed by atoms with Crippen molar-refractivity contribution in [2.45, 2.75) is 31.8 Å². The summed E-state index contributed by atoms with van der Waals surface area (Å²) < 4.78 is 10.4. The Kier molecular flexibility index (Phi) is 5.69. The van der Waals surface area contributed by atoms with Crippen molar-refractivity contribution >= 4 is 23.3 Å². The molecule has 1 atom stereocenters. The molecule has 2 amide bonds. The standard InChI is InChI=1S/C22H24N2O4S/c1-14-19(21(25)28-13-12-27-2)20(23-22(26)24(14)16-8-9-16)18-11-10-17(29-18)15-6-4-3-5-7-15/h3-7,10-11,16,20H,8-9,12-13H2,1-2H3,(H,23,26)/t20-/m1/s1. The molecule has 1 aliphatic heterocycles. The van der Waals surface area contributed by atoms with Gasteiger partial charge in [0.05, 0.1) is 18.2 Å². The van der Waals surface area contributed by atoms with Crippen LogP contribution in [0.15, 0.2) is 53.7 Å². The molecule has 0 bridgehead atoms. The van der Waals surface area contributed by atoms with Crippen LogP contribution in [0.2, 0.25) is 0 Å². The second-order valence-corrected chi connectivity index (χ2v) is 8.29. The van der Waals surface area contributed by atoms with E-state index in [4.69, 9.17) is 9.47 Å². The minimum atomic E-state index is -0.519. The minimum absolute atomic E-state index is 0.155. The number of rotatable bonds is 7. The zero-order chi connectivity index (χ0) is 20.4. The topological polar surface area (TPSA) is 67.9 Å². The molecule has 2 heterocycles. The summed E-state index contributed by atoms with van der Waals surface area (Å²) in [6.07, 6.45) is 1.91. The molecule has 0 unspecified atom stereocenters. The fourth-order valence-corrected chi connectivity index (χ4v) is 4.64. The molecule has 1 aliphatic carbocycles. The van der Waals surface area contributed by atoms with Gasteiger partial charge in [-0.25, -0.2) is 9.59 Å². The van der Waals surface area contributed by atoms with E-state index in [1.165, 1.54) is 0 Å². The van der Waals surface area contributed by atoms with Crippen molar-refractivity contribution < 1.29 is 19.1 Å². The van der Waals surface area contributed by atoms with Crippen LogP contribution < -0.4 is 5.32 Å². The molecule has 1 aromatic heterocycles. The van der Waals surface area contributed by atoms with Crippen molar-refractivity contribution in [1.29, 1.82) is 0 Å². The Morgan fingerprint density at radius 3 is 2.62 bits per heavy atom. The van der Waals surface area contributed by atoms with Gasteiger partial charge in [-0.3, -0.25) is 4.90 Å². The quantitative estimate of drug-likeness (QED) is 0.549. The first-order chi connectivity index (χ1) is 14.1. The Hall–Kier alpha value is -2.64. The minimum Gasteiger partial charge on any atom is -0.460 e. The van der Waals surface area contributed by atoms with Gasteiger partial charge in [-0.15, -0.1) is 11.3 Å². The number of hydrogen-bond donors (Lipinski definition) is 1. The van der Waals surface area contributed by atoms with E-state index in [9.17, 15) is 9.59 Å². The van der Waals surface area contributed by atoms with E-state index in [1.54, 1.807) is 23.3 Å². The molecule has 2 aromatic rings. The van der Waals surface area contributed by atoms with Crippen molar-refractivity contribution in [2.75, 3.05) is 20.3 Å². The third-order valence-corrected chi connectivity index (χ3v) is 6.35. The van der Waals surface area contributed by atoms with Gasteiger partial charge in [-0.2, -0.15) is 0 Å². The van der Waals surface area contributed by atoms with Crippen LogP contribution in [0.1, 0.15) is 30.7 Å². The number of methoxy groups -OCH3 is 1. The molecule has 0 saturated heterocycles. The van der Waals surface area contributed by atoms with Crippen molar-refractivity contribution in [3.63, 3.8) is 0 Å². The molecule has 29 heavy (non-hydrogen) atoms. The first-order valence-corrected chi connectivity index (χ1v) is 10.5. The zero-order valence-electron chi connectivity index (χ0n) is 16.5. The number of nitrogens with zero attached hydrogens (tertiary/aromatic N) is 1. The van der Waals surface area contributed by atoms with Crippen LogP contribution in [-0.2, 0) is 14.3 Å². The van der Waals surface area contributed by atoms with Gasteiger partial charge in [0.15, 0.2) is 0 Å². The maximum atomic E-state index is 12.9. The predicted octanol–water partition coefficient (Wildman–Crippen LogP) is 4.11. The monoisotopic (exact) mass is 412 g/mol. The molecule has 6 nitrogen and oxygen atoms in total. The maximum absolute atomic E-state index is 12.9. The van der Waals surface area contributed by atoms with Crippen LogP contribution >= 0.6 is 11.3 Å². The van der Waals surface area contributed by atoms with E-state index in [1.807, 2.05) is 49.4 Å². The number of carbonyl (C=O) groups excluding carboxylic acids is 2. The molecule has 0 radical (unpaired) electrons. The molecule has 0 spiro atoms. The summed E-state index contributed by atoms with van der Waals surface area (Å²) in [6.45, 7) is 2.34. The summed E-state index contributed by atoms with van der Waals surface area (Å²) >= 11 is 1.57. The Morgan fingerprint density at radius 1 is 1.17 bits per heavy atom. The largest absolute Gasteiger partial charge is 0.460 e. The Bertz CT molecular complexity index is 933. The van der Waals surface area contributed by atoms with E-state index >= 15 is 0 Å². The highest BCUT2D eigenvalue weighted by Gasteiger charge is 2.43. The Morgan fingerprint density at radius 2 is 1.93 bits per heavy atom. The zero-order valence-corrected chi connectivity index (χ0v) is 17.3. The van der Waals surface area contributed by atoms with E-state index in [0.29, 0.717) is 17.9 Å². The van der Waals surface area contributed by atoms with Gasteiger partial charge in [-0.1, -0.05) is 30.3 Å². The van der Waals surface area contributed by atoms with Crippen molar-refractivity contribution in [3.8, 4) is 10.4 Å². The molecular weight excluding hydrogens is 388 g/mol. The van der Waals surface area contributed by atoms with E-state index in [-0.39, 0.29) is 18.7 Å². The SMILES string of the molecule is COCCOC(=O)C1=C(C)N(C2CC2)C(=O)N[C@@H]1c1ccc(-c2ccccc2)s1. The average Bonchev–Trinajstić information content (AvgIpc) is 3.42. The second-order valence-electron chi connectivity index (χ2n) is 7.18. The highest BCUT2D eigenvalue weighted by molar-refractivity contribution is 7.15. The number of esters is 1. The Balaban J connectivity index is 1.67. The van der Waals surface area contributed by atoms with Crippen molar-refractivity contribution in [2.24, 2.45) is 0 Å². The van der Waals surface area contributed by atoms with E-state index < -0.39 is 12.0 Å². The molecule has 1 fully saturated rings. The van der Waals surface area contributed by atoms with Gasteiger partial charge in [0.25, 0.3) is 0 Å². The van der Waals surface area contributed by atoms with E-state index in [0.717, 1.165) is 28.2 Å². The number of hydrogen-bond acceptors (Lipinski definition) is 5. The lowest BCUT2D eigenvalue weighted by Gasteiger charge is -2.35. The van der Waals surface area contributed by atoms with Crippen molar-refractivity contribution in [3.05, 3.63) is 58.6 Å². The number of amides is 2. The molecular formula is C22H24N2O4S. The van der Waals surface area contributed by atoms with Crippen molar-refractivity contribution in [1.82, 2.24) is 10.2 Å². The number of ether oxygens (including phenoxy) is 2. The van der Waals surface area contributed by atoms with Gasteiger partial charge in [-0.05, 0) is 37.5 Å². The summed E-state index contributed by atoms with van der Waals surface area (Å²) in [5.41, 5.74) is 2.28. The molecule has 7 heteroatoms. The number of benzene rings is 1. The molecule has 1 saturated carbocycles. The number of thiophene rings is 1. The lowest BCUT2D eigenvalue weighted by Crippen LogP contribution is -2.48. The first kappa shape index (κ1) is 19.7. The van der Waals surface area contributed by atoms with Crippen LogP contribution in [0.5, 0.6) is 0 Å². The Labute approximate surface area is 174 Å². The summed E-state index contributed by atoms with van der Waals surface area (Å²) in [4.78, 5) is 29.4. The summed E-state index contributed by atoms with van der Waals surface area (Å²) in [5.74, 6) is -0.412. The second kappa shape index (κ2) is 8.39. The van der Waals surface area contributed by atoms with Gasteiger partial charge >= 0.3 is 12.0 Å². The lowest BCUT2D eigenvalue weighted by atomic mass is 10.0. The number of urea groups is 1. The smallest absolute Gasteiger partial charge is 0.338 e. The highest BCUT2D eigenvalue weighted by atomic mass is 32.1. The fraction of sp³-hybridized carbons (Fsp3) is 0.364. The van der Waals surface area contributed by atoms with Gasteiger partial charge in [0.2, 0.25) is 0 Å². The summed E-state index contributed by atoms with van der Waals surface area (Å²) in [7, 11) is 1.56. The fourth-order valence-electron chi connectivity index (χ4n) is 3.57. The molecule has 152 valence electrons. The summed E-state index contributed by atoms with van der Waals surface area (Å²) in [6, 6.07) is 13.6. The molecule has 2 aliphatic rings. The maximum Gasteiger partial charge on any atom is 0.338 e. The predicted molar refractivity (Wildman–Crippen MR) is 111 cm³/mol. The normalized spacial score (nSPS) is 19.3. The first-order valence-electron chi connectivity index (χ1n) is 9.72.